The van der Waals surface area contributed by atoms with E-state index < -0.39 is 0 Å². The van der Waals surface area contributed by atoms with Crippen LogP contribution in [0.2, 0.25) is 0 Å². The van der Waals surface area contributed by atoms with Crippen LogP contribution in [0.5, 0.6) is 0 Å². The molecule has 94 valence electrons. The molecule has 2 aromatic rings. The van der Waals surface area contributed by atoms with Gasteiger partial charge in [0.2, 0.25) is 5.78 Å². The third-order valence-corrected chi connectivity index (χ3v) is 3.65. The lowest BCUT2D eigenvalue weighted by atomic mass is 9.94. The maximum Gasteiger partial charge on any atom is 0.202 e. The first kappa shape index (κ1) is 11.5. The summed E-state index contributed by atoms with van der Waals surface area (Å²) in [5, 5.41) is 4.28. The van der Waals surface area contributed by atoms with Crippen LogP contribution in [-0.4, -0.2) is 18.9 Å². The molecule has 1 saturated heterocycles. The highest BCUT2D eigenvalue weighted by atomic mass is 16.3. The van der Waals surface area contributed by atoms with Gasteiger partial charge in [0.1, 0.15) is 5.58 Å². The monoisotopic (exact) mass is 243 g/mol. The molecule has 0 spiro atoms. The fourth-order valence-electron chi connectivity index (χ4n) is 2.61. The molecule has 1 atom stereocenters. The molecule has 18 heavy (non-hydrogen) atoms. The Labute approximate surface area is 106 Å². The smallest absolute Gasteiger partial charge is 0.202 e. The lowest BCUT2D eigenvalue weighted by Crippen LogP contribution is -2.34. The minimum atomic E-state index is 0.0691. The van der Waals surface area contributed by atoms with Gasteiger partial charge in [0.25, 0.3) is 0 Å². The number of carbonyl (C=O) groups is 1. The summed E-state index contributed by atoms with van der Waals surface area (Å²) in [5.74, 6) is 0.713. The fourth-order valence-corrected chi connectivity index (χ4v) is 2.61. The summed E-state index contributed by atoms with van der Waals surface area (Å²) in [5.41, 5.74) is 1.91. The summed E-state index contributed by atoms with van der Waals surface area (Å²) < 4.78 is 5.74. The zero-order valence-electron chi connectivity index (χ0n) is 10.5. The molecule has 2 heterocycles. The molecule has 1 aliphatic heterocycles. The average Bonchev–Trinajstić information content (AvgIpc) is 2.84. The van der Waals surface area contributed by atoms with E-state index in [0.29, 0.717) is 5.76 Å². The first-order valence-electron chi connectivity index (χ1n) is 6.50. The molecule has 1 fully saturated rings. The highest BCUT2D eigenvalue weighted by molar-refractivity contribution is 5.99. The summed E-state index contributed by atoms with van der Waals surface area (Å²) in [7, 11) is 0. The molecule has 0 bridgehead atoms. The number of carbonyl (C=O) groups excluding carboxylic acids is 1. The van der Waals surface area contributed by atoms with E-state index in [1.807, 2.05) is 31.2 Å². The van der Waals surface area contributed by atoms with E-state index in [4.69, 9.17) is 4.42 Å². The van der Waals surface area contributed by atoms with Gasteiger partial charge in [0.05, 0.1) is 0 Å². The second-order valence-corrected chi connectivity index (χ2v) is 5.01. The molecule has 0 radical (unpaired) electrons. The Morgan fingerprint density at radius 3 is 3.06 bits per heavy atom. The quantitative estimate of drug-likeness (QED) is 0.825. The van der Waals surface area contributed by atoms with E-state index in [1.165, 1.54) is 0 Å². The van der Waals surface area contributed by atoms with Crippen molar-refractivity contribution in [1.82, 2.24) is 5.32 Å². The largest absolute Gasteiger partial charge is 0.453 e. The number of fused-ring (bicyclic) bond motifs is 1. The second-order valence-electron chi connectivity index (χ2n) is 5.01. The summed E-state index contributed by atoms with van der Waals surface area (Å²) >= 11 is 0. The van der Waals surface area contributed by atoms with Gasteiger partial charge in [-0.25, -0.2) is 0 Å². The molecule has 0 aliphatic carbocycles. The maximum atomic E-state index is 12.3. The summed E-state index contributed by atoms with van der Waals surface area (Å²) in [4.78, 5) is 12.3. The van der Waals surface area contributed by atoms with Gasteiger partial charge in [-0.1, -0.05) is 18.2 Å². The number of piperidine rings is 1. The zero-order valence-corrected chi connectivity index (χ0v) is 10.5. The molecule has 3 nitrogen and oxygen atoms in total. The van der Waals surface area contributed by atoms with Crippen LogP contribution in [0.1, 0.15) is 29.0 Å². The van der Waals surface area contributed by atoms with Gasteiger partial charge in [0.15, 0.2) is 5.76 Å². The fraction of sp³-hybridized carbons (Fsp3) is 0.400. The molecule has 1 aromatic carbocycles. The molecule has 3 heteroatoms. The van der Waals surface area contributed by atoms with Crippen molar-refractivity contribution in [3.8, 4) is 0 Å². The van der Waals surface area contributed by atoms with E-state index in [9.17, 15) is 4.79 Å². The Bertz CT molecular complexity index is 579. The first-order valence-corrected chi connectivity index (χ1v) is 6.50. The van der Waals surface area contributed by atoms with Crippen LogP contribution < -0.4 is 5.32 Å². The Morgan fingerprint density at radius 1 is 1.44 bits per heavy atom. The summed E-state index contributed by atoms with van der Waals surface area (Å²) in [6.07, 6.45) is 2.03. The van der Waals surface area contributed by atoms with Gasteiger partial charge < -0.3 is 9.73 Å². The van der Waals surface area contributed by atoms with E-state index in [2.05, 4.69) is 5.32 Å². The van der Waals surface area contributed by atoms with Gasteiger partial charge in [0, 0.05) is 17.8 Å². The highest BCUT2D eigenvalue weighted by Gasteiger charge is 2.25. The number of hydrogen-bond donors (Lipinski definition) is 1. The number of benzene rings is 1. The molecule has 0 amide bonds. The Balaban J connectivity index is 1.94. The molecule has 1 N–H and O–H groups in total. The first-order chi connectivity index (χ1) is 8.75. The molecule has 0 saturated carbocycles. The summed E-state index contributed by atoms with van der Waals surface area (Å²) in [6, 6.07) is 7.85. The SMILES string of the molecule is Cc1cccc2cc(C(=O)C3CCCNC3)oc12. The van der Waals surface area contributed by atoms with Crippen LogP contribution in [0.15, 0.2) is 28.7 Å². The third kappa shape index (κ3) is 1.95. The number of nitrogens with one attached hydrogen (secondary N) is 1. The number of ketones is 1. The van der Waals surface area contributed by atoms with Crippen LogP contribution in [0.25, 0.3) is 11.0 Å². The number of Topliss-reactive ketones (excluding diaryl/α,β-unsaturated/α-hetero) is 1. The molecular weight excluding hydrogens is 226 g/mol. The number of hydrogen-bond acceptors (Lipinski definition) is 3. The zero-order chi connectivity index (χ0) is 12.5. The third-order valence-electron chi connectivity index (χ3n) is 3.65. The van der Waals surface area contributed by atoms with E-state index >= 15 is 0 Å². The van der Waals surface area contributed by atoms with Crippen LogP contribution in [0.3, 0.4) is 0 Å². The van der Waals surface area contributed by atoms with Gasteiger partial charge in [-0.15, -0.1) is 0 Å². The van der Waals surface area contributed by atoms with E-state index in [-0.39, 0.29) is 11.7 Å². The lowest BCUT2D eigenvalue weighted by molar-refractivity contribution is 0.0873. The van der Waals surface area contributed by atoms with Crippen LogP contribution >= 0.6 is 0 Å². The van der Waals surface area contributed by atoms with Gasteiger partial charge in [-0.2, -0.15) is 0 Å². The summed E-state index contributed by atoms with van der Waals surface area (Å²) in [6.45, 7) is 3.79. The minimum absolute atomic E-state index is 0.0691. The highest BCUT2D eigenvalue weighted by Crippen LogP contribution is 2.25. The van der Waals surface area contributed by atoms with Crippen molar-refractivity contribution in [3.05, 3.63) is 35.6 Å². The predicted octanol–water partition coefficient (Wildman–Crippen LogP) is 2.92. The van der Waals surface area contributed by atoms with Crippen molar-refractivity contribution in [3.63, 3.8) is 0 Å². The Hall–Kier alpha value is -1.61. The van der Waals surface area contributed by atoms with Crippen molar-refractivity contribution in [2.75, 3.05) is 13.1 Å². The van der Waals surface area contributed by atoms with E-state index in [1.54, 1.807) is 0 Å². The number of rotatable bonds is 2. The van der Waals surface area contributed by atoms with Crippen molar-refractivity contribution < 1.29 is 9.21 Å². The molecule has 3 rings (SSSR count). The minimum Gasteiger partial charge on any atom is -0.453 e. The van der Waals surface area contributed by atoms with Crippen LogP contribution in [0, 0.1) is 12.8 Å². The normalized spacial score (nSPS) is 20.2. The maximum absolute atomic E-state index is 12.3. The van der Waals surface area contributed by atoms with Gasteiger partial charge >= 0.3 is 0 Å². The second kappa shape index (κ2) is 4.58. The van der Waals surface area contributed by atoms with Crippen LogP contribution in [-0.2, 0) is 0 Å². The molecular formula is C15H17NO2. The van der Waals surface area contributed by atoms with Crippen LogP contribution in [0.4, 0.5) is 0 Å². The van der Waals surface area contributed by atoms with Crippen molar-refractivity contribution >= 4 is 16.8 Å². The predicted molar refractivity (Wildman–Crippen MR) is 70.9 cm³/mol. The van der Waals surface area contributed by atoms with Gasteiger partial charge in [-0.05, 0) is 37.9 Å². The topological polar surface area (TPSA) is 42.2 Å². The Morgan fingerprint density at radius 2 is 2.33 bits per heavy atom. The molecule has 1 aromatic heterocycles. The number of para-hydroxylation sites is 1. The van der Waals surface area contributed by atoms with E-state index in [0.717, 1.165) is 42.5 Å². The lowest BCUT2D eigenvalue weighted by Gasteiger charge is -2.20. The average molecular weight is 243 g/mol. The number of furan rings is 1. The molecule has 1 aliphatic rings. The van der Waals surface area contributed by atoms with Crippen molar-refractivity contribution in [1.29, 1.82) is 0 Å². The Kier molecular flexibility index (Phi) is 2.92. The number of aryl methyl sites for hydroxylation is 1. The van der Waals surface area contributed by atoms with Crippen molar-refractivity contribution in [2.24, 2.45) is 5.92 Å². The molecule has 1 unspecified atom stereocenters. The van der Waals surface area contributed by atoms with Crippen molar-refractivity contribution in [2.45, 2.75) is 19.8 Å². The van der Waals surface area contributed by atoms with Gasteiger partial charge in [-0.3, -0.25) is 4.79 Å². The standard InChI is InChI=1S/C15H17NO2/c1-10-4-2-5-11-8-13(18-15(10)11)14(17)12-6-3-7-16-9-12/h2,4-5,8,12,16H,3,6-7,9H2,1H3.